The van der Waals surface area contributed by atoms with E-state index in [0.29, 0.717) is 18.0 Å². The van der Waals surface area contributed by atoms with Crippen LogP contribution in [0.5, 0.6) is 0 Å². The number of amidine groups is 1. The van der Waals surface area contributed by atoms with Crippen LogP contribution in [0.4, 0.5) is 0 Å². The maximum atomic E-state index is 10.2. The summed E-state index contributed by atoms with van der Waals surface area (Å²) in [6, 6.07) is 14.7. The summed E-state index contributed by atoms with van der Waals surface area (Å²) in [5.41, 5.74) is 0.165. The first-order valence-corrected chi connectivity index (χ1v) is 12.6. The second-order valence-electron chi connectivity index (χ2n) is 10.9. The van der Waals surface area contributed by atoms with Gasteiger partial charge in [0, 0.05) is 25.7 Å². The third-order valence-electron chi connectivity index (χ3n) is 6.59. The fourth-order valence-electron chi connectivity index (χ4n) is 3.38. The van der Waals surface area contributed by atoms with Crippen LogP contribution >= 0.6 is 0 Å². The van der Waals surface area contributed by atoms with E-state index in [0.717, 1.165) is 28.5 Å². The summed E-state index contributed by atoms with van der Waals surface area (Å²) >= 11 is 0. The zero-order chi connectivity index (χ0) is 28.4. The number of aliphatic hydroxyl groups is 2. The number of nitrogens with zero attached hydrogens (tertiary/aromatic N) is 5. The van der Waals surface area contributed by atoms with Gasteiger partial charge in [0.05, 0.1) is 12.2 Å². The normalized spacial score (nSPS) is 17.2. The van der Waals surface area contributed by atoms with Crippen LogP contribution in [0.3, 0.4) is 0 Å². The van der Waals surface area contributed by atoms with E-state index in [9.17, 15) is 15.5 Å². The molecule has 2 unspecified atom stereocenters. The van der Waals surface area contributed by atoms with Crippen LogP contribution in [0, 0.1) is 0 Å². The van der Waals surface area contributed by atoms with Crippen LogP contribution in [0.25, 0.3) is 0 Å². The Balaban J connectivity index is 0.000000574. The second kappa shape index (κ2) is 16.1. The number of aliphatic hydroxyl groups excluding tert-OH is 2. The first-order valence-electron chi connectivity index (χ1n) is 12.6. The van der Waals surface area contributed by atoms with Crippen molar-refractivity contribution in [1.29, 1.82) is 0 Å². The van der Waals surface area contributed by atoms with Crippen LogP contribution in [0.15, 0.2) is 54.7 Å². The van der Waals surface area contributed by atoms with Gasteiger partial charge in [-0.2, -0.15) is 0 Å². The van der Waals surface area contributed by atoms with E-state index in [1.807, 2.05) is 64.1 Å². The molecule has 38 heavy (non-hydrogen) atoms. The van der Waals surface area contributed by atoms with Crippen LogP contribution in [-0.4, -0.2) is 110 Å². The van der Waals surface area contributed by atoms with Crippen molar-refractivity contribution >= 4 is 5.84 Å². The molecular weight excluding hydrogens is 529 g/mol. The van der Waals surface area contributed by atoms with Crippen molar-refractivity contribution in [3.8, 4) is 0 Å². The number of hydrogen-bond donors (Lipinski definition) is 4. The number of likely N-dealkylation sites (N-methyl/N-ethyl adjacent to an activating group) is 2. The van der Waals surface area contributed by atoms with Gasteiger partial charge < -0.3 is 25.2 Å². The molecule has 1 aliphatic heterocycles. The summed E-state index contributed by atoms with van der Waals surface area (Å²) in [5, 5.41) is 40.1. The summed E-state index contributed by atoms with van der Waals surface area (Å²) in [6.45, 7) is 11.4. The summed E-state index contributed by atoms with van der Waals surface area (Å²) in [5.74, 6) is 0.306. The van der Waals surface area contributed by atoms with Crippen LogP contribution in [0.1, 0.15) is 58.4 Å². The number of hydrogen-bond acceptors (Lipinski definition) is 8. The van der Waals surface area contributed by atoms with E-state index in [-0.39, 0.29) is 16.5 Å². The van der Waals surface area contributed by atoms with E-state index < -0.39 is 23.3 Å². The predicted molar refractivity (Wildman–Crippen MR) is 147 cm³/mol. The molecule has 0 bridgehead atoms. The van der Waals surface area contributed by atoms with Crippen LogP contribution in [0.2, 0.25) is 0 Å². The number of rotatable bonds is 7. The molecule has 2 heterocycles. The Morgan fingerprint density at radius 1 is 0.895 bits per heavy atom. The third-order valence-corrected chi connectivity index (χ3v) is 6.59. The molecule has 215 valence electrons. The zero-order valence-corrected chi connectivity index (χ0v) is 25.3. The van der Waals surface area contributed by atoms with E-state index in [2.05, 4.69) is 43.0 Å². The smallest absolute Gasteiger partial charge is 0.393 e. The topological polar surface area (TPSA) is 107 Å². The summed E-state index contributed by atoms with van der Waals surface area (Å²) < 4.78 is 1.08. The van der Waals surface area contributed by atoms with Gasteiger partial charge in [-0.05, 0) is 80.5 Å². The molecule has 9 nitrogen and oxygen atoms in total. The molecule has 10 heteroatoms. The summed E-state index contributed by atoms with van der Waals surface area (Å²) in [4.78, 5) is 8.51. The molecule has 1 aliphatic rings. The molecule has 0 spiro atoms. The summed E-state index contributed by atoms with van der Waals surface area (Å²) in [7, 11) is 8.35. The van der Waals surface area contributed by atoms with Gasteiger partial charge in [0.2, 0.25) is 0 Å². The van der Waals surface area contributed by atoms with Gasteiger partial charge in [-0.25, -0.2) is 10.2 Å². The first kappa shape index (κ1) is 35.9. The van der Waals surface area contributed by atoms with E-state index in [1.54, 1.807) is 25.3 Å². The Hall–Kier alpha value is -2.07. The molecular formula is C28H48N5NiO4+4. The number of pyridine rings is 1. The van der Waals surface area contributed by atoms with Crippen molar-refractivity contribution in [3.05, 3.63) is 66.0 Å². The van der Waals surface area contributed by atoms with E-state index in [4.69, 9.17) is 5.11 Å². The van der Waals surface area contributed by atoms with Gasteiger partial charge in [0.15, 0.2) is 16.8 Å². The van der Waals surface area contributed by atoms with Crippen molar-refractivity contribution in [3.63, 3.8) is 0 Å². The molecule has 0 saturated carbocycles. The average Bonchev–Trinajstić information content (AvgIpc) is 2.95. The third kappa shape index (κ3) is 10.2. The maximum absolute atomic E-state index is 10.2. The van der Waals surface area contributed by atoms with E-state index >= 15 is 0 Å². The van der Waals surface area contributed by atoms with Gasteiger partial charge in [0.1, 0.15) is 0 Å². The number of hydroxylamine groups is 3. The van der Waals surface area contributed by atoms with Gasteiger partial charge in [-0.3, -0.25) is 0 Å². The minimum absolute atomic E-state index is 0. The van der Waals surface area contributed by atoms with Gasteiger partial charge in [-0.1, -0.05) is 41.1 Å². The second-order valence-corrected chi connectivity index (χ2v) is 10.9. The molecule has 3 rings (SSSR count). The van der Waals surface area contributed by atoms with Crippen molar-refractivity contribution in [2.45, 2.75) is 64.3 Å². The van der Waals surface area contributed by atoms with Gasteiger partial charge >= 0.3 is 22.3 Å². The average molecular weight is 577 g/mol. The Bertz CT molecular complexity index is 946. The largest absolute Gasteiger partial charge is 3.00 e. The van der Waals surface area contributed by atoms with E-state index in [1.165, 1.54) is 0 Å². The fourth-order valence-corrected chi connectivity index (χ4v) is 3.38. The SMILES string of the molecule is CC(O)CC(O)c1ccccc1.CC1(C)N(O)C(c2ccccn2)=[N+](O)C1(C)C.CN(C)CCN(C)C.[Ni+3]. The molecule has 0 saturated heterocycles. The minimum atomic E-state index is -0.616. The summed E-state index contributed by atoms with van der Waals surface area (Å²) in [6.07, 6.45) is 1.01. The van der Waals surface area contributed by atoms with Gasteiger partial charge in [-0.15, -0.1) is 5.06 Å². The van der Waals surface area contributed by atoms with Crippen molar-refractivity contribution in [1.82, 2.24) is 19.8 Å². The molecule has 0 aliphatic carbocycles. The number of benzene rings is 1. The molecule has 1 radical (unpaired) electrons. The molecule has 0 amide bonds. The Morgan fingerprint density at radius 2 is 1.39 bits per heavy atom. The quantitative estimate of drug-likeness (QED) is 0.226. The van der Waals surface area contributed by atoms with Gasteiger partial charge in [0.25, 0.3) is 0 Å². The Labute approximate surface area is 238 Å². The number of aromatic nitrogens is 1. The Morgan fingerprint density at radius 3 is 1.76 bits per heavy atom. The first-order chi connectivity index (χ1) is 17.1. The predicted octanol–water partition coefficient (Wildman–Crippen LogP) is 3.09. The van der Waals surface area contributed by atoms with Crippen molar-refractivity contribution < 1.29 is 41.9 Å². The minimum Gasteiger partial charge on any atom is -0.393 e. The van der Waals surface area contributed by atoms with Crippen molar-refractivity contribution in [2.24, 2.45) is 0 Å². The monoisotopic (exact) mass is 576 g/mol. The molecule has 1 aromatic carbocycles. The fraction of sp³-hybridized carbons (Fsp3) is 0.571. The molecule has 1 aromatic heterocycles. The van der Waals surface area contributed by atoms with Crippen LogP contribution < -0.4 is 0 Å². The van der Waals surface area contributed by atoms with Crippen LogP contribution in [-0.2, 0) is 16.5 Å². The molecule has 4 N–H and O–H groups in total. The molecule has 2 atom stereocenters. The molecule has 0 fully saturated rings. The standard InChI is InChI=1S/C12H18N3O2.C10H14O2.C6H16N2.Ni/c1-11(2)12(3,4)15(17)10(14(11)16)9-7-5-6-8-13-9;1-8(11)7-10(12)9-5-3-2-4-6-9;1-7(2)5-6-8(3)4;/h5-8,16-17H,1-4H3;2-6,8,10-12H,7H2,1H3;5-6H2,1-4H3;/q+1;;;+3. The van der Waals surface area contributed by atoms with Crippen molar-refractivity contribution in [2.75, 3.05) is 41.3 Å². The maximum Gasteiger partial charge on any atom is 3.00 e. The Kier molecular flexibility index (Phi) is 15.3. The zero-order valence-electron chi connectivity index (χ0n) is 24.3. The molecule has 2 aromatic rings.